The van der Waals surface area contributed by atoms with Gasteiger partial charge in [-0.25, -0.2) is 4.98 Å². The smallest absolute Gasteiger partial charge is 0.171 e. The number of β-amino-alcohol motifs (C(OH)–C–C–N with tert-alkyl or cyclic N) is 1. The molecule has 1 saturated heterocycles. The monoisotopic (exact) mass is 180 g/mol. The highest BCUT2D eigenvalue weighted by Gasteiger charge is 2.22. The second kappa shape index (κ2) is 3.22. The Hall–Kier alpha value is -1.29. The average molecular weight is 180 g/mol. The minimum atomic E-state index is -0.290. The minimum absolute atomic E-state index is 0.177. The van der Waals surface area contributed by atoms with Crippen LogP contribution in [0.25, 0.3) is 0 Å². The van der Waals surface area contributed by atoms with E-state index >= 15 is 0 Å². The van der Waals surface area contributed by atoms with Gasteiger partial charge in [0, 0.05) is 19.3 Å². The molecular formula is C9H12N2O2. The average Bonchev–Trinajstić information content (AvgIpc) is 2.53. The standard InChI is InChI=1S/C9H12N2O2/c12-7-3-5-11(6-7)9-8(13)2-1-4-10-9/h1-2,4,7,12-13H,3,5-6H2/t7-/m1/s1. The minimum Gasteiger partial charge on any atom is -0.504 e. The predicted molar refractivity (Wildman–Crippen MR) is 48.7 cm³/mol. The molecule has 13 heavy (non-hydrogen) atoms. The third-order valence-electron chi connectivity index (χ3n) is 2.23. The van der Waals surface area contributed by atoms with Crippen molar-refractivity contribution in [3.63, 3.8) is 0 Å². The maximum absolute atomic E-state index is 9.47. The molecule has 1 fully saturated rings. The summed E-state index contributed by atoms with van der Waals surface area (Å²) in [5.41, 5.74) is 0. The Bertz CT molecular complexity index is 303. The van der Waals surface area contributed by atoms with Gasteiger partial charge in [0.25, 0.3) is 0 Å². The van der Waals surface area contributed by atoms with Crippen LogP contribution >= 0.6 is 0 Å². The zero-order valence-corrected chi connectivity index (χ0v) is 7.22. The molecule has 2 heterocycles. The van der Waals surface area contributed by atoms with Crippen LogP contribution in [-0.2, 0) is 0 Å². The lowest BCUT2D eigenvalue weighted by Crippen LogP contribution is -2.22. The van der Waals surface area contributed by atoms with E-state index in [1.807, 2.05) is 4.90 Å². The summed E-state index contributed by atoms with van der Waals surface area (Å²) in [4.78, 5) is 5.95. The van der Waals surface area contributed by atoms with Gasteiger partial charge in [-0.05, 0) is 18.6 Å². The number of aromatic hydroxyl groups is 1. The van der Waals surface area contributed by atoms with Crippen LogP contribution < -0.4 is 4.90 Å². The molecule has 2 N–H and O–H groups in total. The first-order chi connectivity index (χ1) is 6.27. The molecule has 1 aliphatic heterocycles. The van der Waals surface area contributed by atoms with Crippen LogP contribution in [0.2, 0.25) is 0 Å². The van der Waals surface area contributed by atoms with Crippen LogP contribution in [0.5, 0.6) is 5.75 Å². The summed E-state index contributed by atoms with van der Waals surface area (Å²) >= 11 is 0. The van der Waals surface area contributed by atoms with Gasteiger partial charge in [-0.2, -0.15) is 0 Å². The topological polar surface area (TPSA) is 56.6 Å². The van der Waals surface area contributed by atoms with E-state index in [4.69, 9.17) is 0 Å². The Morgan fingerprint density at radius 2 is 2.38 bits per heavy atom. The van der Waals surface area contributed by atoms with Gasteiger partial charge in [-0.15, -0.1) is 0 Å². The lowest BCUT2D eigenvalue weighted by Gasteiger charge is -2.16. The summed E-state index contributed by atoms with van der Waals surface area (Å²) in [6.45, 7) is 1.32. The van der Waals surface area contributed by atoms with Crippen molar-refractivity contribution in [1.82, 2.24) is 4.98 Å². The van der Waals surface area contributed by atoms with Crippen molar-refractivity contribution in [3.05, 3.63) is 18.3 Å². The number of nitrogens with zero attached hydrogens (tertiary/aromatic N) is 2. The molecule has 0 unspecified atom stereocenters. The Balaban J connectivity index is 2.21. The molecule has 1 atom stereocenters. The number of pyridine rings is 1. The van der Waals surface area contributed by atoms with Crippen molar-refractivity contribution in [1.29, 1.82) is 0 Å². The van der Waals surface area contributed by atoms with Gasteiger partial charge in [0.05, 0.1) is 6.10 Å². The molecule has 4 heteroatoms. The molecule has 0 bridgehead atoms. The fraction of sp³-hybridized carbons (Fsp3) is 0.444. The number of aliphatic hydroxyl groups excluding tert-OH is 1. The molecule has 1 aromatic heterocycles. The molecular weight excluding hydrogens is 168 g/mol. The molecule has 0 radical (unpaired) electrons. The zero-order chi connectivity index (χ0) is 9.26. The fourth-order valence-corrected chi connectivity index (χ4v) is 1.57. The number of anilines is 1. The molecule has 2 rings (SSSR count). The zero-order valence-electron chi connectivity index (χ0n) is 7.22. The molecule has 0 aliphatic carbocycles. The van der Waals surface area contributed by atoms with Gasteiger partial charge in [0.15, 0.2) is 11.6 Å². The Morgan fingerprint density at radius 1 is 1.54 bits per heavy atom. The lowest BCUT2D eigenvalue weighted by atomic mass is 10.3. The lowest BCUT2D eigenvalue weighted by molar-refractivity contribution is 0.198. The van der Waals surface area contributed by atoms with E-state index in [-0.39, 0.29) is 11.9 Å². The summed E-state index contributed by atoms with van der Waals surface area (Å²) in [5, 5.41) is 18.8. The van der Waals surface area contributed by atoms with Crippen LogP contribution in [0.1, 0.15) is 6.42 Å². The first-order valence-electron chi connectivity index (χ1n) is 4.34. The van der Waals surface area contributed by atoms with Gasteiger partial charge in [0.2, 0.25) is 0 Å². The van der Waals surface area contributed by atoms with Gasteiger partial charge in [0.1, 0.15) is 0 Å². The third-order valence-corrected chi connectivity index (χ3v) is 2.23. The first-order valence-corrected chi connectivity index (χ1v) is 4.34. The van der Waals surface area contributed by atoms with E-state index in [1.165, 1.54) is 0 Å². The highest BCUT2D eigenvalue weighted by atomic mass is 16.3. The number of rotatable bonds is 1. The highest BCUT2D eigenvalue weighted by Crippen LogP contribution is 2.26. The molecule has 4 nitrogen and oxygen atoms in total. The first kappa shape index (κ1) is 8.31. The summed E-state index contributed by atoms with van der Waals surface area (Å²) in [7, 11) is 0. The van der Waals surface area contributed by atoms with Crippen molar-refractivity contribution in [3.8, 4) is 5.75 Å². The number of hydrogen-bond acceptors (Lipinski definition) is 4. The van der Waals surface area contributed by atoms with E-state index < -0.39 is 0 Å². The van der Waals surface area contributed by atoms with Crippen LogP contribution in [0.3, 0.4) is 0 Å². The maximum atomic E-state index is 9.47. The van der Waals surface area contributed by atoms with Gasteiger partial charge < -0.3 is 15.1 Å². The van der Waals surface area contributed by atoms with Crippen LogP contribution in [0.15, 0.2) is 18.3 Å². The van der Waals surface area contributed by atoms with Gasteiger partial charge >= 0.3 is 0 Å². The maximum Gasteiger partial charge on any atom is 0.171 e. The summed E-state index contributed by atoms with van der Waals surface area (Å²) in [5.74, 6) is 0.746. The van der Waals surface area contributed by atoms with Crippen molar-refractivity contribution >= 4 is 5.82 Å². The quantitative estimate of drug-likeness (QED) is 0.655. The summed E-state index contributed by atoms with van der Waals surface area (Å²) in [6, 6.07) is 3.29. The molecule has 1 aliphatic rings. The van der Waals surface area contributed by atoms with E-state index in [0.717, 1.165) is 13.0 Å². The molecule has 0 spiro atoms. The molecule has 70 valence electrons. The predicted octanol–water partition coefficient (Wildman–Crippen LogP) is 0.358. The second-order valence-corrected chi connectivity index (χ2v) is 3.23. The second-order valence-electron chi connectivity index (χ2n) is 3.23. The van der Waals surface area contributed by atoms with Crippen LogP contribution in [0, 0.1) is 0 Å². The third kappa shape index (κ3) is 1.58. The molecule has 0 aromatic carbocycles. The van der Waals surface area contributed by atoms with Gasteiger partial charge in [-0.1, -0.05) is 0 Å². The van der Waals surface area contributed by atoms with Gasteiger partial charge in [-0.3, -0.25) is 0 Å². The SMILES string of the molecule is Oc1cccnc1N1CC[C@@H](O)C1. The summed E-state index contributed by atoms with van der Waals surface area (Å²) < 4.78 is 0. The van der Waals surface area contributed by atoms with Crippen molar-refractivity contribution in [2.45, 2.75) is 12.5 Å². The van der Waals surface area contributed by atoms with E-state index in [9.17, 15) is 10.2 Å². The molecule has 0 amide bonds. The van der Waals surface area contributed by atoms with Crippen molar-refractivity contribution in [2.24, 2.45) is 0 Å². The van der Waals surface area contributed by atoms with Crippen LogP contribution in [0.4, 0.5) is 5.82 Å². The molecule has 0 saturated carbocycles. The number of hydrogen-bond donors (Lipinski definition) is 2. The van der Waals surface area contributed by atoms with Crippen molar-refractivity contribution in [2.75, 3.05) is 18.0 Å². The van der Waals surface area contributed by atoms with Crippen LogP contribution in [-0.4, -0.2) is 34.4 Å². The highest BCUT2D eigenvalue weighted by molar-refractivity contribution is 5.51. The fourth-order valence-electron chi connectivity index (χ4n) is 1.57. The number of aromatic nitrogens is 1. The Labute approximate surface area is 76.5 Å². The van der Waals surface area contributed by atoms with E-state index in [1.54, 1.807) is 18.3 Å². The molecule has 1 aromatic rings. The Morgan fingerprint density at radius 3 is 3.00 bits per heavy atom. The normalized spacial score (nSPS) is 22.2. The van der Waals surface area contributed by atoms with E-state index in [2.05, 4.69) is 4.98 Å². The van der Waals surface area contributed by atoms with Crippen molar-refractivity contribution < 1.29 is 10.2 Å². The summed E-state index contributed by atoms with van der Waals surface area (Å²) in [6.07, 6.45) is 2.09. The largest absolute Gasteiger partial charge is 0.504 e. The Kier molecular flexibility index (Phi) is 2.06. The van der Waals surface area contributed by atoms with E-state index in [0.29, 0.717) is 12.4 Å². The number of aliphatic hydroxyl groups is 1.